The number of carbonyl (C=O) groups is 2. The summed E-state index contributed by atoms with van der Waals surface area (Å²) >= 11 is 1.45. The molecule has 4 rings (SSSR count). The number of carbonyl (C=O) groups excluding carboxylic acids is 2. The van der Waals surface area contributed by atoms with E-state index in [4.69, 9.17) is 5.73 Å². The van der Waals surface area contributed by atoms with E-state index in [9.17, 15) is 9.59 Å². The minimum Gasteiger partial charge on any atom is -0.369 e. The molecule has 1 aliphatic rings. The first-order valence-electron chi connectivity index (χ1n) is 9.11. The number of nitrogens with one attached hydrogen (secondary N) is 1. The molecule has 152 valence electrons. The molecule has 0 radical (unpaired) electrons. The Labute approximate surface area is 176 Å². The number of nitrogens with two attached hydrogens (primary N) is 1. The van der Waals surface area contributed by atoms with Crippen molar-refractivity contribution >= 4 is 34.8 Å². The zero-order chi connectivity index (χ0) is 21.3. The lowest BCUT2D eigenvalue weighted by molar-refractivity contribution is -0.128. The standard InChI is InChI=1S/C20H19N7O2S/c1-20(9-16(28)27(2)19(21)26-20)12-4-3-5-13(8-12)25-17(29)14-10-24-15(11-23-14)18-22-6-7-30-18/h3-8,10-11H,9H2,1-2H3,(H2,21,26)(H,25,29). The molecule has 0 fully saturated rings. The van der Waals surface area contributed by atoms with Crippen molar-refractivity contribution in [3.63, 3.8) is 0 Å². The molecule has 0 bridgehead atoms. The maximum Gasteiger partial charge on any atom is 0.275 e. The monoisotopic (exact) mass is 421 g/mol. The van der Waals surface area contributed by atoms with Crippen molar-refractivity contribution in [2.24, 2.45) is 10.7 Å². The topological polar surface area (TPSA) is 126 Å². The molecule has 30 heavy (non-hydrogen) atoms. The Morgan fingerprint density at radius 1 is 1.27 bits per heavy atom. The van der Waals surface area contributed by atoms with Gasteiger partial charge in [0.25, 0.3) is 5.91 Å². The van der Waals surface area contributed by atoms with Crippen molar-refractivity contribution in [2.75, 3.05) is 12.4 Å². The van der Waals surface area contributed by atoms with E-state index in [0.29, 0.717) is 11.4 Å². The second-order valence-corrected chi connectivity index (χ2v) is 7.93. The molecule has 2 amide bonds. The minimum absolute atomic E-state index is 0.116. The zero-order valence-corrected chi connectivity index (χ0v) is 17.2. The highest BCUT2D eigenvalue weighted by Gasteiger charge is 2.36. The number of aromatic nitrogens is 3. The first kappa shape index (κ1) is 19.6. The van der Waals surface area contributed by atoms with E-state index in [-0.39, 0.29) is 24.0 Å². The number of guanidine groups is 1. The van der Waals surface area contributed by atoms with Gasteiger partial charge in [-0.15, -0.1) is 11.3 Å². The van der Waals surface area contributed by atoms with Crippen LogP contribution in [0.1, 0.15) is 29.4 Å². The largest absolute Gasteiger partial charge is 0.369 e. The molecular formula is C20H19N7O2S. The molecule has 0 saturated carbocycles. The summed E-state index contributed by atoms with van der Waals surface area (Å²) in [5.74, 6) is -0.341. The van der Waals surface area contributed by atoms with E-state index < -0.39 is 11.4 Å². The number of amides is 2. The van der Waals surface area contributed by atoms with Crippen LogP contribution in [0.4, 0.5) is 5.69 Å². The quantitative estimate of drug-likeness (QED) is 0.665. The molecule has 3 N–H and O–H groups in total. The van der Waals surface area contributed by atoms with Gasteiger partial charge in [0, 0.05) is 24.3 Å². The number of hydrogen-bond acceptors (Lipinski definition) is 8. The molecule has 0 saturated heterocycles. The Hall–Kier alpha value is -3.66. The third-order valence-corrected chi connectivity index (χ3v) is 5.65. The maximum atomic E-state index is 12.6. The number of aliphatic imine (C=N–C) groups is 1. The summed E-state index contributed by atoms with van der Waals surface area (Å²) in [7, 11) is 1.60. The SMILES string of the molecule is CN1C(=O)CC(C)(c2cccc(NC(=O)c3cnc(-c4nccs4)cn3)c2)N=C1N. The van der Waals surface area contributed by atoms with E-state index in [0.717, 1.165) is 10.6 Å². The fraction of sp³-hybridized carbons (Fsp3) is 0.200. The molecule has 3 aromatic rings. The van der Waals surface area contributed by atoms with Crippen molar-refractivity contribution in [2.45, 2.75) is 18.9 Å². The Morgan fingerprint density at radius 2 is 2.10 bits per heavy atom. The highest BCUT2D eigenvalue weighted by Crippen LogP contribution is 2.34. The lowest BCUT2D eigenvalue weighted by Gasteiger charge is -2.33. The van der Waals surface area contributed by atoms with Gasteiger partial charge in [-0.1, -0.05) is 12.1 Å². The summed E-state index contributed by atoms with van der Waals surface area (Å²) < 4.78 is 0. The summed E-state index contributed by atoms with van der Waals surface area (Å²) in [4.78, 5) is 43.3. The number of thiazole rings is 1. The van der Waals surface area contributed by atoms with E-state index in [1.54, 1.807) is 31.4 Å². The molecule has 1 unspecified atom stereocenters. The van der Waals surface area contributed by atoms with Crippen LogP contribution in [-0.2, 0) is 10.3 Å². The second kappa shape index (κ2) is 7.64. The van der Waals surface area contributed by atoms with Crippen LogP contribution in [0.3, 0.4) is 0 Å². The molecule has 1 aliphatic heterocycles. The lowest BCUT2D eigenvalue weighted by atomic mass is 9.87. The average molecular weight is 421 g/mol. The van der Waals surface area contributed by atoms with Crippen molar-refractivity contribution < 1.29 is 9.59 Å². The molecule has 1 atom stereocenters. The van der Waals surface area contributed by atoms with Crippen LogP contribution in [-0.4, -0.2) is 44.7 Å². The van der Waals surface area contributed by atoms with Gasteiger partial charge in [0.05, 0.1) is 24.4 Å². The number of benzene rings is 1. The molecule has 0 spiro atoms. The smallest absolute Gasteiger partial charge is 0.275 e. The van der Waals surface area contributed by atoms with Crippen LogP contribution in [0, 0.1) is 0 Å². The Kier molecular flexibility index (Phi) is 5.00. The lowest BCUT2D eigenvalue weighted by Crippen LogP contribution is -2.47. The summed E-state index contributed by atoms with van der Waals surface area (Å²) in [5.41, 5.74) is 7.22. The van der Waals surface area contributed by atoms with Gasteiger partial charge >= 0.3 is 0 Å². The summed E-state index contributed by atoms with van der Waals surface area (Å²) in [6.07, 6.45) is 4.81. The van der Waals surface area contributed by atoms with Crippen LogP contribution in [0.2, 0.25) is 0 Å². The number of anilines is 1. The van der Waals surface area contributed by atoms with Gasteiger partial charge in [-0.2, -0.15) is 0 Å². The Balaban J connectivity index is 1.53. The van der Waals surface area contributed by atoms with E-state index in [1.807, 2.05) is 18.4 Å². The van der Waals surface area contributed by atoms with Gasteiger partial charge in [0.1, 0.15) is 16.4 Å². The summed E-state index contributed by atoms with van der Waals surface area (Å²) in [6.45, 7) is 1.84. The molecular weight excluding hydrogens is 402 g/mol. The third-order valence-electron chi connectivity index (χ3n) is 4.85. The summed E-state index contributed by atoms with van der Waals surface area (Å²) in [6, 6.07) is 7.19. The van der Waals surface area contributed by atoms with E-state index in [2.05, 4.69) is 25.3 Å². The van der Waals surface area contributed by atoms with Gasteiger partial charge in [0.15, 0.2) is 5.96 Å². The van der Waals surface area contributed by atoms with Crippen LogP contribution in [0.15, 0.2) is 53.2 Å². The molecule has 1 aromatic carbocycles. The van der Waals surface area contributed by atoms with Crippen molar-refractivity contribution in [1.82, 2.24) is 19.9 Å². The fourth-order valence-corrected chi connectivity index (χ4v) is 3.71. The van der Waals surface area contributed by atoms with Gasteiger partial charge in [-0.05, 0) is 24.6 Å². The predicted octanol–water partition coefficient (Wildman–Crippen LogP) is 2.24. The Morgan fingerprint density at radius 3 is 2.77 bits per heavy atom. The minimum atomic E-state index is -0.802. The first-order chi connectivity index (χ1) is 14.4. The number of rotatable bonds is 4. The number of hydrogen-bond donors (Lipinski definition) is 2. The van der Waals surface area contributed by atoms with Crippen LogP contribution >= 0.6 is 11.3 Å². The Bertz CT molecular complexity index is 1130. The first-order valence-corrected chi connectivity index (χ1v) is 9.99. The van der Waals surface area contributed by atoms with Gasteiger partial charge in [0.2, 0.25) is 5.91 Å². The highest BCUT2D eigenvalue weighted by molar-refractivity contribution is 7.13. The van der Waals surface area contributed by atoms with Crippen LogP contribution < -0.4 is 11.1 Å². The van der Waals surface area contributed by atoms with Crippen molar-refractivity contribution in [3.05, 3.63) is 59.5 Å². The van der Waals surface area contributed by atoms with Crippen LogP contribution in [0.25, 0.3) is 10.7 Å². The zero-order valence-electron chi connectivity index (χ0n) is 16.4. The molecule has 3 heterocycles. The van der Waals surface area contributed by atoms with Crippen molar-refractivity contribution in [3.8, 4) is 10.7 Å². The normalized spacial score (nSPS) is 18.8. The molecule has 2 aromatic heterocycles. The number of nitrogens with zero attached hydrogens (tertiary/aromatic N) is 5. The fourth-order valence-electron chi connectivity index (χ4n) is 3.11. The molecule has 10 heteroatoms. The predicted molar refractivity (Wildman–Crippen MR) is 114 cm³/mol. The van der Waals surface area contributed by atoms with E-state index >= 15 is 0 Å². The summed E-state index contributed by atoms with van der Waals surface area (Å²) in [5, 5.41) is 5.40. The van der Waals surface area contributed by atoms with Gasteiger partial charge in [-0.3, -0.25) is 14.5 Å². The third kappa shape index (κ3) is 3.77. The highest BCUT2D eigenvalue weighted by atomic mass is 32.1. The van der Waals surface area contributed by atoms with E-state index in [1.165, 1.54) is 28.6 Å². The van der Waals surface area contributed by atoms with Crippen molar-refractivity contribution in [1.29, 1.82) is 0 Å². The maximum absolute atomic E-state index is 12.6. The van der Waals surface area contributed by atoms with Gasteiger partial charge < -0.3 is 11.1 Å². The van der Waals surface area contributed by atoms with Crippen LogP contribution in [0.5, 0.6) is 0 Å². The molecule has 9 nitrogen and oxygen atoms in total. The average Bonchev–Trinajstić information content (AvgIpc) is 3.27. The molecule has 0 aliphatic carbocycles. The van der Waals surface area contributed by atoms with Gasteiger partial charge in [-0.25, -0.2) is 19.9 Å². The second-order valence-electron chi connectivity index (χ2n) is 7.03.